The van der Waals surface area contributed by atoms with E-state index in [0.717, 1.165) is 22.4 Å². The highest BCUT2D eigenvalue weighted by molar-refractivity contribution is 5.45. The van der Waals surface area contributed by atoms with Gasteiger partial charge in [0.1, 0.15) is 0 Å². The minimum absolute atomic E-state index is 0.102. The zero-order valence-corrected chi connectivity index (χ0v) is 14.0. The molecular formula is C18H15F3N4O. The fraction of sp³-hybridized carbons (Fsp3) is 0.167. The molecule has 0 fully saturated rings. The van der Waals surface area contributed by atoms with E-state index < -0.39 is 17.3 Å². The highest BCUT2D eigenvalue weighted by Gasteiger charge is 2.30. The van der Waals surface area contributed by atoms with Crippen LogP contribution in [0.1, 0.15) is 16.8 Å². The summed E-state index contributed by atoms with van der Waals surface area (Å²) in [6, 6.07) is 11.6. The van der Waals surface area contributed by atoms with Crippen molar-refractivity contribution in [3.8, 4) is 5.69 Å². The van der Waals surface area contributed by atoms with Crippen LogP contribution in [0.25, 0.3) is 5.69 Å². The van der Waals surface area contributed by atoms with Gasteiger partial charge in [-0.15, -0.1) is 5.11 Å². The Morgan fingerprint density at radius 2 is 1.54 bits per heavy atom. The first kappa shape index (κ1) is 17.7. The summed E-state index contributed by atoms with van der Waals surface area (Å²) in [4.78, 5) is 12.5. The van der Waals surface area contributed by atoms with Gasteiger partial charge in [0.05, 0.1) is 22.6 Å². The summed E-state index contributed by atoms with van der Waals surface area (Å²) in [5, 5.41) is 10.8. The van der Waals surface area contributed by atoms with Gasteiger partial charge >= 0.3 is 6.18 Å². The Balaban J connectivity index is 1.93. The lowest BCUT2D eigenvalue weighted by molar-refractivity contribution is -0.137. The fourth-order valence-electron chi connectivity index (χ4n) is 2.36. The second kappa shape index (κ2) is 6.62. The molecule has 0 amide bonds. The van der Waals surface area contributed by atoms with Crippen molar-refractivity contribution < 1.29 is 13.2 Å². The predicted molar refractivity (Wildman–Crippen MR) is 91.5 cm³/mol. The molecule has 26 heavy (non-hydrogen) atoms. The number of alkyl halides is 3. The lowest BCUT2D eigenvalue weighted by Gasteiger charge is -2.07. The molecule has 0 unspecified atom stereocenters. The number of aromatic nitrogens is 2. The predicted octanol–water partition coefficient (Wildman–Crippen LogP) is 5.22. The number of aryl methyl sites for hydroxylation is 2. The lowest BCUT2D eigenvalue weighted by atomic mass is 10.2. The van der Waals surface area contributed by atoms with Crippen molar-refractivity contribution in [1.29, 1.82) is 0 Å². The van der Waals surface area contributed by atoms with E-state index in [-0.39, 0.29) is 11.4 Å². The summed E-state index contributed by atoms with van der Waals surface area (Å²) in [7, 11) is 0. The van der Waals surface area contributed by atoms with E-state index in [9.17, 15) is 18.0 Å². The van der Waals surface area contributed by atoms with Crippen LogP contribution in [0.3, 0.4) is 0 Å². The van der Waals surface area contributed by atoms with Crippen molar-refractivity contribution in [3.05, 3.63) is 75.7 Å². The second-order valence-corrected chi connectivity index (χ2v) is 5.81. The third-order valence-corrected chi connectivity index (χ3v) is 3.79. The maximum Gasteiger partial charge on any atom is 0.416 e. The molecule has 0 saturated heterocycles. The number of halogens is 3. The van der Waals surface area contributed by atoms with E-state index in [1.165, 1.54) is 12.1 Å². The van der Waals surface area contributed by atoms with Crippen molar-refractivity contribution in [2.75, 3.05) is 0 Å². The zero-order chi connectivity index (χ0) is 18.9. The molecule has 0 aliphatic carbocycles. The van der Waals surface area contributed by atoms with Crippen molar-refractivity contribution in [3.63, 3.8) is 0 Å². The van der Waals surface area contributed by atoms with Crippen LogP contribution in [0.2, 0.25) is 0 Å². The van der Waals surface area contributed by atoms with Gasteiger partial charge in [0.2, 0.25) is 0 Å². The minimum atomic E-state index is -4.43. The minimum Gasteiger partial charge on any atom is -0.293 e. The molecular weight excluding hydrogens is 345 g/mol. The van der Waals surface area contributed by atoms with Crippen molar-refractivity contribution in [1.82, 2.24) is 9.78 Å². The first-order valence-electron chi connectivity index (χ1n) is 7.73. The quantitative estimate of drug-likeness (QED) is 0.640. The number of azo groups is 1. The molecule has 1 N–H and O–H groups in total. The third kappa shape index (κ3) is 3.58. The molecule has 1 aromatic heterocycles. The molecule has 8 heteroatoms. The number of benzene rings is 2. The van der Waals surface area contributed by atoms with Gasteiger partial charge in [0.25, 0.3) is 5.56 Å². The molecule has 0 atom stereocenters. The molecule has 3 aromatic rings. The number of aromatic amines is 1. The molecule has 0 aliphatic rings. The van der Waals surface area contributed by atoms with Crippen LogP contribution in [0.15, 0.2) is 63.6 Å². The van der Waals surface area contributed by atoms with E-state index in [1.54, 1.807) is 19.1 Å². The SMILES string of the molecule is Cc1ccc(N=Nc2c(C)[nH]n(-c3ccc(C(F)(F)F)cc3)c2=O)cc1. The summed E-state index contributed by atoms with van der Waals surface area (Å²) in [6.45, 7) is 3.59. The average molecular weight is 360 g/mol. The van der Waals surface area contributed by atoms with E-state index in [4.69, 9.17) is 0 Å². The normalized spacial score (nSPS) is 12.0. The van der Waals surface area contributed by atoms with E-state index in [1.807, 2.05) is 19.1 Å². The first-order valence-corrected chi connectivity index (χ1v) is 7.73. The van der Waals surface area contributed by atoms with Crippen molar-refractivity contribution in [2.45, 2.75) is 20.0 Å². The van der Waals surface area contributed by atoms with Crippen LogP contribution < -0.4 is 5.56 Å². The summed E-state index contributed by atoms with van der Waals surface area (Å²) >= 11 is 0. The smallest absolute Gasteiger partial charge is 0.293 e. The van der Waals surface area contributed by atoms with Crippen LogP contribution in [0.4, 0.5) is 24.5 Å². The molecule has 2 aromatic carbocycles. The molecule has 0 spiro atoms. The number of nitrogens with zero attached hydrogens (tertiary/aromatic N) is 3. The number of rotatable bonds is 3. The molecule has 1 heterocycles. The van der Waals surface area contributed by atoms with Crippen LogP contribution in [0, 0.1) is 13.8 Å². The van der Waals surface area contributed by atoms with Gasteiger partial charge < -0.3 is 0 Å². The summed E-state index contributed by atoms with van der Waals surface area (Å²) in [5.74, 6) is 0. The maximum absolute atomic E-state index is 12.7. The van der Waals surface area contributed by atoms with Gasteiger partial charge in [-0.05, 0) is 50.2 Å². The monoisotopic (exact) mass is 360 g/mol. The van der Waals surface area contributed by atoms with Crippen molar-refractivity contribution >= 4 is 11.4 Å². The van der Waals surface area contributed by atoms with E-state index >= 15 is 0 Å². The largest absolute Gasteiger partial charge is 0.416 e. The Labute approximate surface area is 146 Å². The highest BCUT2D eigenvalue weighted by atomic mass is 19.4. The van der Waals surface area contributed by atoms with E-state index in [0.29, 0.717) is 11.4 Å². The summed E-state index contributed by atoms with van der Waals surface area (Å²) in [6.07, 6.45) is -4.43. The van der Waals surface area contributed by atoms with E-state index in [2.05, 4.69) is 15.3 Å². The van der Waals surface area contributed by atoms with Crippen LogP contribution >= 0.6 is 0 Å². The second-order valence-electron chi connectivity index (χ2n) is 5.81. The number of H-pyrrole nitrogens is 1. The number of hydrogen-bond acceptors (Lipinski definition) is 3. The molecule has 0 aliphatic heterocycles. The van der Waals surface area contributed by atoms with Crippen LogP contribution in [0.5, 0.6) is 0 Å². The zero-order valence-electron chi connectivity index (χ0n) is 14.0. The van der Waals surface area contributed by atoms with Gasteiger partial charge in [0.15, 0.2) is 5.69 Å². The Bertz CT molecular complexity index is 997. The number of hydrogen-bond donors (Lipinski definition) is 1. The Morgan fingerprint density at radius 3 is 2.12 bits per heavy atom. The fourth-order valence-corrected chi connectivity index (χ4v) is 2.36. The van der Waals surface area contributed by atoms with Gasteiger partial charge in [-0.3, -0.25) is 9.89 Å². The number of nitrogens with one attached hydrogen (secondary N) is 1. The Kier molecular flexibility index (Phi) is 4.50. The molecule has 134 valence electrons. The summed E-state index contributed by atoms with van der Waals surface area (Å²) in [5.41, 5.74) is 1.25. The lowest BCUT2D eigenvalue weighted by Crippen LogP contribution is -2.14. The van der Waals surface area contributed by atoms with Crippen molar-refractivity contribution in [2.24, 2.45) is 10.2 Å². The molecule has 0 saturated carbocycles. The van der Waals surface area contributed by atoms with Gasteiger partial charge in [-0.25, -0.2) is 4.68 Å². The van der Waals surface area contributed by atoms with Crippen LogP contribution in [-0.2, 0) is 6.18 Å². The topological polar surface area (TPSA) is 62.5 Å². The highest BCUT2D eigenvalue weighted by Crippen LogP contribution is 2.29. The third-order valence-electron chi connectivity index (χ3n) is 3.79. The Morgan fingerprint density at radius 1 is 0.923 bits per heavy atom. The molecule has 3 rings (SSSR count). The molecule has 0 bridgehead atoms. The average Bonchev–Trinajstić information content (AvgIpc) is 2.88. The van der Waals surface area contributed by atoms with Gasteiger partial charge in [-0.1, -0.05) is 17.7 Å². The standard InChI is InChI=1S/C18H15F3N4O/c1-11-3-7-14(8-4-11)22-23-16-12(2)24-25(17(16)26)15-9-5-13(6-10-15)18(19,20)21/h3-10,24H,1-2H3. The van der Waals surface area contributed by atoms with Gasteiger partial charge in [0, 0.05) is 0 Å². The van der Waals surface area contributed by atoms with Crippen LogP contribution in [-0.4, -0.2) is 9.78 Å². The first-order chi connectivity index (χ1) is 12.3. The molecule has 5 nitrogen and oxygen atoms in total. The maximum atomic E-state index is 12.7. The van der Waals surface area contributed by atoms with Gasteiger partial charge in [-0.2, -0.15) is 18.3 Å². The summed E-state index contributed by atoms with van der Waals surface area (Å²) < 4.78 is 39.1. The molecule has 0 radical (unpaired) electrons. The Hall–Kier alpha value is -3.16.